The lowest BCUT2D eigenvalue weighted by atomic mass is 10.0. The Bertz CT molecular complexity index is 593. The first kappa shape index (κ1) is 16.4. The Morgan fingerprint density at radius 3 is 2.18 bits per heavy atom. The first-order valence-corrected chi connectivity index (χ1v) is 7.31. The molecule has 2 atom stereocenters. The van der Waals surface area contributed by atoms with Crippen LogP contribution in [0.5, 0.6) is 0 Å². The molecule has 0 aliphatic rings. The molecule has 0 fully saturated rings. The lowest BCUT2D eigenvalue weighted by molar-refractivity contribution is -0.126. The zero-order valence-electron chi connectivity index (χ0n) is 12.6. The smallest absolute Gasteiger partial charge is 0.177 e. The van der Waals surface area contributed by atoms with Gasteiger partial charge in [0.25, 0.3) is 0 Å². The van der Waals surface area contributed by atoms with E-state index >= 15 is 0 Å². The summed E-state index contributed by atoms with van der Waals surface area (Å²) in [6.07, 6.45) is -0.844. The molecule has 0 amide bonds. The second-order valence-electron chi connectivity index (χ2n) is 5.29. The highest BCUT2D eigenvalue weighted by Crippen LogP contribution is 2.19. The van der Waals surface area contributed by atoms with Crippen molar-refractivity contribution in [2.24, 2.45) is 0 Å². The van der Waals surface area contributed by atoms with E-state index < -0.39 is 24.5 Å². The number of carbonyl (C=O) groups is 1. The fourth-order valence-electron chi connectivity index (χ4n) is 2.33. The van der Waals surface area contributed by atoms with Gasteiger partial charge in [0.2, 0.25) is 0 Å². The molecule has 0 heterocycles. The molecule has 0 radical (unpaired) electrons. The number of nitrogens with one attached hydrogen (secondary N) is 1. The Morgan fingerprint density at radius 1 is 1.05 bits per heavy atom. The zero-order chi connectivity index (χ0) is 15.9. The van der Waals surface area contributed by atoms with Crippen molar-refractivity contribution in [1.82, 2.24) is 5.32 Å². The van der Waals surface area contributed by atoms with Gasteiger partial charge >= 0.3 is 0 Å². The molecule has 3 N–H and O–H groups in total. The van der Waals surface area contributed by atoms with Crippen LogP contribution in [-0.2, 0) is 11.3 Å². The highest BCUT2D eigenvalue weighted by atomic mass is 16.3. The average Bonchev–Trinajstić information content (AvgIpc) is 2.56. The summed E-state index contributed by atoms with van der Waals surface area (Å²) in [5, 5.41) is 21.5. The van der Waals surface area contributed by atoms with Crippen LogP contribution in [0.25, 0.3) is 11.1 Å². The summed E-state index contributed by atoms with van der Waals surface area (Å²) in [5.41, 5.74) is 3.29. The van der Waals surface area contributed by atoms with E-state index in [1.54, 1.807) is 0 Å². The van der Waals surface area contributed by atoms with Crippen LogP contribution in [0, 0.1) is 0 Å². The van der Waals surface area contributed by atoms with Crippen LogP contribution in [0.2, 0.25) is 0 Å². The summed E-state index contributed by atoms with van der Waals surface area (Å²) in [6, 6.07) is 17.4. The summed E-state index contributed by atoms with van der Waals surface area (Å²) in [7, 11) is 0. The number of aliphatic hydroxyl groups is 2. The van der Waals surface area contributed by atoms with Gasteiger partial charge in [-0.05, 0) is 23.6 Å². The predicted molar refractivity (Wildman–Crippen MR) is 86.3 cm³/mol. The molecule has 2 rings (SSSR count). The maximum atomic E-state index is 11.5. The van der Waals surface area contributed by atoms with Gasteiger partial charge in [0.05, 0.1) is 12.1 Å². The Labute approximate surface area is 130 Å². The van der Waals surface area contributed by atoms with Crippen molar-refractivity contribution in [2.75, 3.05) is 6.61 Å². The molecule has 2 aromatic rings. The van der Waals surface area contributed by atoms with Gasteiger partial charge in [-0.15, -0.1) is 0 Å². The minimum absolute atomic E-state index is 0.407. The molecule has 2 aromatic carbocycles. The van der Waals surface area contributed by atoms with E-state index in [-0.39, 0.29) is 0 Å². The SMILES string of the molecule is C[C@H](O)[C@H](NCc1ccc(-c2ccccc2)cc1)C(=O)CO. The van der Waals surface area contributed by atoms with Crippen LogP contribution in [-0.4, -0.2) is 34.7 Å². The highest BCUT2D eigenvalue weighted by molar-refractivity contribution is 5.85. The summed E-state index contributed by atoms with van der Waals surface area (Å²) in [5.74, 6) is -0.407. The summed E-state index contributed by atoms with van der Waals surface area (Å²) >= 11 is 0. The minimum atomic E-state index is -0.844. The van der Waals surface area contributed by atoms with Gasteiger partial charge in [0, 0.05) is 6.54 Å². The van der Waals surface area contributed by atoms with Crippen LogP contribution in [0.3, 0.4) is 0 Å². The number of rotatable bonds is 7. The summed E-state index contributed by atoms with van der Waals surface area (Å²) in [6.45, 7) is 1.41. The number of benzene rings is 2. The van der Waals surface area contributed by atoms with E-state index in [2.05, 4.69) is 17.4 Å². The van der Waals surface area contributed by atoms with Crippen LogP contribution in [0.15, 0.2) is 54.6 Å². The van der Waals surface area contributed by atoms with Crippen LogP contribution >= 0.6 is 0 Å². The van der Waals surface area contributed by atoms with Crippen molar-refractivity contribution in [2.45, 2.75) is 25.6 Å². The fourth-order valence-corrected chi connectivity index (χ4v) is 2.33. The highest BCUT2D eigenvalue weighted by Gasteiger charge is 2.21. The van der Waals surface area contributed by atoms with Crippen LogP contribution in [0.4, 0.5) is 0 Å². The molecule has 0 aliphatic carbocycles. The van der Waals surface area contributed by atoms with E-state index in [4.69, 9.17) is 5.11 Å². The summed E-state index contributed by atoms with van der Waals surface area (Å²) < 4.78 is 0. The van der Waals surface area contributed by atoms with E-state index in [1.165, 1.54) is 6.92 Å². The third-order valence-corrected chi connectivity index (χ3v) is 3.57. The third-order valence-electron chi connectivity index (χ3n) is 3.57. The molecular weight excluding hydrogens is 278 g/mol. The van der Waals surface area contributed by atoms with Gasteiger partial charge < -0.3 is 15.5 Å². The number of hydrogen-bond acceptors (Lipinski definition) is 4. The van der Waals surface area contributed by atoms with Gasteiger partial charge in [-0.3, -0.25) is 4.79 Å². The third kappa shape index (κ3) is 4.24. The zero-order valence-corrected chi connectivity index (χ0v) is 12.6. The number of carbonyl (C=O) groups excluding carboxylic acids is 1. The number of Topliss-reactive ketones (excluding diaryl/α,β-unsaturated/α-hetero) is 1. The summed E-state index contributed by atoms with van der Waals surface area (Å²) in [4.78, 5) is 11.5. The monoisotopic (exact) mass is 299 g/mol. The largest absolute Gasteiger partial charge is 0.391 e. The molecule has 0 aliphatic heterocycles. The normalized spacial score (nSPS) is 13.6. The van der Waals surface area contributed by atoms with Gasteiger partial charge in [-0.25, -0.2) is 0 Å². The lowest BCUT2D eigenvalue weighted by Gasteiger charge is -2.19. The average molecular weight is 299 g/mol. The molecule has 0 aromatic heterocycles. The van der Waals surface area contributed by atoms with Crippen molar-refractivity contribution in [1.29, 1.82) is 0 Å². The maximum Gasteiger partial charge on any atom is 0.177 e. The minimum Gasteiger partial charge on any atom is -0.391 e. The van der Waals surface area contributed by atoms with E-state index in [0.29, 0.717) is 6.54 Å². The molecule has 0 saturated heterocycles. The predicted octanol–water partition coefficient (Wildman–Crippen LogP) is 1.75. The van der Waals surface area contributed by atoms with E-state index in [0.717, 1.165) is 16.7 Å². The Kier molecular flexibility index (Phi) is 5.83. The van der Waals surface area contributed by atoms with Crippen LogP contribution < -0.4 is 5.32 Å². The molecule has 0 spiro atoms. The quantitative estimate of drug-likeness (QED) is 0.728. The van der Waals surface area contributed by atoms with Crippen molar-refractivity contribution in [3.05, 3.63) is 60.2 Å². The molecule has 0 saturated carbocycles. The Hall–Kier alpha value is -2.01. The van der Waals surface area contributed by atoms with Crippen LogP contribution in [0.1, 0.15) is 12.5 Å². The molecule has 116 valence electrons. The fraction of sp³-hybridized carbons (Fsp3) is 0.278. The Balaban J connectivity index is 2.01. The molecular formula is C18H21NO3. The molecule has 0 unspecified atom stereocenters. The van der Waals surface area contributed by atoms with Gasteiger partial charge in [-0.1, -0.05) is 54.6 Å². The van der Waals surface area contributed by atoms with Crippen molar-refractivity contribution in [3.63, 3.8) is 0 Å². The second kappa shape index (κ2) is 7.84. The van der Waals surface area contributed by atoms with Crippen molar-refractivity contribution < 1.29 is 15.0 Å². The van der Waals surface area contributed by atoms with Gasteiger partial charge in [-0.2, -0.15) is 0 Å². The lowest BCUT2D eigenvalue weighted by Crippen LogP contribution is -2.45. The Morgan fingerprint density at radius 2 is 1.64 bits per heavy atom. The van der Waals surface area contributed by atoms with Gasteiger partial charge in [0.15, 0.2) is 5.78 Å². The number of aliphatic hydroxyl groups excluding tert-OH is 2. The first-order chi connectivity index (χ1) is 10.6. The first-order valence-electron chi connectivity index (χ1n) is 7.31. The van der Waals surface area contributed by atoms with Gasteiger partial charge in [0.1, 0.15) is 6.61 Å². The number of ketones is 1. The van der Waals surface area contributed by atoms with E-state index in [1.807, 2.05) is 42.5 Å². The topological polar surface area (TPSA) is 69.6 Å². The maximum absolute atomic E-state index is 11.5. The molecule has 4 nitrogen and oxygen atoms in total. The second-order valence-corrected chi connectivity index (χ2v) is 5.29. The molecule has 22 heavy (non-hydrogen) atoms. The standard InChI is InChI=1S/C18H21NO3/c1-13(21)18(17(22)12-20)19-11-14-7-9-16(10-8-14)15-5-3-2-4-6-15/h2-10,13,18-21H,11-12H2,1H3/t13-,18-/m0/s1. The number of hydrogen-bond donors (Lipinski definition) is 3. The van der Waals surface area contributed by atoms with E-state index in [9.17, 15) is 9.90 Å². The van der Waals surface area contributed by atoms with Crippen molar-refractivity contribution >= 4 is 5.78 Å². The molecule has 0 bridgehead atoms. The molecule has 4 heteroatoms. The van der Waals surface area contributed by atoms with Crippen molar-refractivity contribution in [3.8, 4) is 11.1 Å².